The van der Waals surface area contributed by atoms with Crippen molar-refractivity contribution in [2.24, 2.45) is 5.92 Å². The minimum absolute atomic E-state index is 0.0206. The molecule has 1 fully saturated rings. The summed E-state index contributed by atoms with van der Waals surface area (Å²) in [5, 5.41) is 0.977. The third kappa shape index (κ3) is 5.86. The first-order chi connectivity index (χ1) is 13.3. The number of nitrogens with one attached hydrogen (secondary N) is 1. The van der Waals surface area contributed by atoms with Crippen LogP contribution >= 0.6 is 11.3 Å². The highest BCUT2D eigenvalue weighted by atomic mass is 32.2. The van der Waals surface area contributed by atoms with E-state index in [0.29, 0.717) is 19.5 Å². The van der Waals surface area contributed by atoms with Crippen molar-refractivity contribution in [2.75, 3.05) is 19.6 Å². The maximum Gasteiger partial charge on any atom is 0.227 e. The molecule has 0 unspecified atom stereocenters. The topological polar surface area (TPSA) is 79.4 Å². The second kappa shape index (κ2) is 9.15. The van der Waals surface area contributed by atoms with Crippen molar-refractivity contribution in [3.63, 3.8) is 0 Å². The lowest BCUT2D eigenvalue weighted by atomic mass is 9.98. The van der Waals surface area contributed by atoms with E-state index in [1.807, 2.05) is 49.1 Å². The first-order valence-electron chi connectivity index (χ1n) is 9.54. The average molecular weight is 422 g/mol. The summed E-state index contributed by atoms with van der Waals surface area (Å²) >= 11 is 1.57. The maximum absolute atomic E-state index is 12.7. The van der Waals surface area contributed by atoms with Crippen LogP contribution < -0.4 is 4.72 Å². The Morgan fingerprint density at radius 3 is 2.71 bits per heavy atom. The number of rotatable bonds is 7. The second-order valence-corrected chi connectivity index (χ2v) is 10.5. The van der Waals surface area contributed by atoms with Crippen LogP contribution in [0.1, 0.15) is 34.0 Å². The molecule has 0 bridgehead atoms. The van der Waals surface area contributed by atoms with Gasteiger partial charge in [0.25, 0.3) is 0 Å². The molecular weight excluding hydrogens is 394 g/mol. The third-order valence-electron chi connectivity index (χ3n) is 4.97. The molecule has 1 aliphatic heterocycles. The Balaban J connectivity index is 1.51. The number of benzene rings is 1. The number of nitrogens with zero attached hydrogens (tertiary/aromatic N) is 2. The number of hydrogen-bond donors (Lipinski definition) is 1. The van der Waals surface area contributed by atoms with Crippen LogP contribution in [0, 0.1) is 19.8 Å². The monoisotopic (exact) mass is 421 g/mol. The van der Waals surface area contributed by atoms with E-state index in [4.69, 9.17) is 0 Å². The SMILES string of the molecule is Cc1nc(C)c(CC(=O)N2CCC[C@H](CNS(=O)(=O)Cc3ccccc3)C2)s1. The predicted molar refractivity (Wildman–Crippen MR) is 112 cm³/mol. The molecule has 1 aliphatic rings. The Morgan fingerprint density at radius 2 is 2.04 bits per heavy atom. The van der Waals surface area contributed by atoms with E-state index in [1.54, 1.807) is 11.3 Å². The summed E-state index contributed by atoms with van der Waals surface area (Å²) < 4.78 is 27.4. The summed E-state index contributed by atoms with van der Waals surface area (Å²) in [6.07, 6.45) is 2.21. The van der Waals surface area contributed by atoms with Crippen LogP contribution in [0.25, 0.3) is 0 Å². The van der Waals surface area contributed by atoms with Crippen molar-refractivity contribution in [3.8, 4) is 0 Å². The normalized spacial score (nSPS) is 17.6. The minimum atomic E-state index is -3.38. The standard InChI is InChI=1S/C20H27N3O3S2/c1-15-19(27-16(2)22-15)11-20(24)23-10-6-9-18(13-23)12-21-28(25,26)14-17-7-4-3-5-8-17/h3-5,7-8,18,21H,6,9-14H2,1-2H3/t18-/m1/s1. The molecule has 28 heavy (non-hydrogen) atoms. The highest BCUT2D eigenvalue weighted by Gasteiger charge is 2.25. The molecule has 1 atom stereocenters. The van der Waals surface area contributed by atoms with Gasteiger partial charge in [0.05, 0.1) is 22.9 Å². The van der Waals surface area contributed by atoms with Gasteiger partial charge in [-0.2, -0.15) is 0 Å². The summed E-state index contributed by atoms with van der Waals surface area (Å²) in [5.41, 5.74) is 1.70. The van der Waals surface area contributed by atoms with E-state index >= 15 is 0 Å². The van der Waals surface area contributed by atoms with Crippen molar-refractivity contribution in [1.82, 2.24) is 14.6 Å². The number of aryl methyl sites for hydroxylation is 2. The lowest BCUT2D eigenvalue weighted by molar-refractivity contribution is -0.132. The zero-order valence-corrected chi connectivity index (χ0v) is 18.0. The first-order valence-corrected chi connectivity index (χ1v) is 12.0. The summed E-state index contributed by atoms with van der Waals surface area (Å²) in [6.45, 7) is 5.60. The molecule has 1 aromatic carbocycles. The lowest BCUT2D eigenvalue weighted by Crippen LogP contribution is -2.44. The van der Waals surface area contributed by atoms with Gasteiger partial charge >= 0.3 is 0 Å². The number of aromatic nitrogens is 1. The fourth-order valence-electron chi connectivity index (χ4n) is 3.53. The molecule has 8 heteroatoms. The van der Waals surface area contributed by atoms with Crippen LogP contribution in [0.4, 0.5) is 0 Å². The van der Waals surface area contributed by atoms with Gasteiger partial charge in [-0.1, -0.05) is 30.3 Å². The molecule has 0 spiro atoms. The van der Waals surface area contributed by atoms with Gasteiger partial charge in [0.15, 0.2) is 0 Å². The molecule has 1 aromatic heterocycles. The van der Waals surface area contributed by atoms with Crippen molar-refractivity contribution in [2.45, 2.75) is 38.9 Å². The number of carbonyl (C=O) groups is 1. The molecule has 3 rings (SSSR count). The van der Waals surface area contributed by atoms with E-state index in [9.17, 15) is 13.2 Å². The Bertz CT molecular complexity index is 910. The van der Waals surface area contributed by atoms with Gasteiger partial charge in [-0.3, -0.25) is 4.79 Å². The minimum Gasteiger partial charge on any atom is -0.342 e. The van der Waals surface area contributed by atoms with Gasteiger partial charge in [0.2, 0.25) is 15.9 Å². The number of sulfonamides is 1. The number of carbonyl (C=O) groups excluding carboxylic acids is 1. The largest absolute Gasteiger partial charge is 0.342 e. The Kier molecular flexibility index (Phi) is 6.85. The van der Waals surface area contributed by atoms with Gasteiger partial charge in [-0.25, -0.2) is 18.1 Å². The summed E-state index contributed by atoms with van der Waals surface area (Å²) in [6, 6.07) is 9.16. The first kappa shape index (κ1) is 21.0. The van der Waals surface area contributed by atoms with Gasteiger partial charge < -0.3 is 4.90 Å². The van der Waals surface area contributed by atoms with Gasteiger partial charge in [-0.15, -0.1) is 11.3 Å². The van der Waals surface area contributed by atoms with Crippen molar-refractivity contribution in [3.05, 3.63) is 51.5 Å². The molecular formula is C20H27N3O3S2. The summed E-state index contributed by atoms with van der Waals surface area (Å²) in [7, 11) is -3.38. The second-order valence-electron chi connectivity index (χ2n) is 7.36. The average Bonchev–Trinajstić information content (AvgIpc) is 2.98. The van der Waals surface area contributed by atoms with Crippen LogP contribution in [0.3, 0.4) is 0 Å². The molecule has 0 saturated carbocycles. The fourth-order valence-corrected chi connectivity index (χ4v) is 5.69. The van der Waals surface area contributed by atoms with Crippen LogP contribution in [0.5, 0.6) is 0 Å². The Morgan fingerprint density at radius 1 is 1.29 bits per heavy atom. The van der Waals surface area contributed by atoms with E-state index < -0.39 is 10.0 Å². The van der Waals surface area contributed by atoms with Crippen LogP contribution in [-0.2, 0) is 27.0 Å². The third-order valence-corrected chi connectivity index (χ3v) is 7.37. The molecule has 0 aliphatic carbocycles. The summed E-state index contributed by atoms with van der Waals surface area (Å²) in [5.74, 6) is 0.226. The van der Waals surface area contributed by atoms with Crippen LogP contribution in [-0.4, -0.2) is 43.8 Å². The van der Waals surface area contributed by atoms with E-state index in [2.05, 4.69) is 9.71 Å². The molecule has 2 aromatic rings. The van der Waals surface area contributed by atoms with Gasteiger partial charge in [0, 0.05) is 24.5 Å². The molecule has 1 N–H and O–H groups in total. The van der Waals surface area contributed by atoms with Crippen molar-refractivity contribution in [1.29, 1.82) is 0 Å². The molecule has 152 valence electrons. The highest BCUT2D eigenvalue weighted by Crippen LogP contribution is 2.21. The molecule has 1 saturated heterocycles. The smallest absolute Gasteiger partial charge is 0.227 e. The van der Waals surface area contributed by atoms with E-state index in [1.165, 1.54) is 0 Å². The van der Waals surface area contributed by atoms with Crippen LogP contribution in [0.15, 0.2) is 30.3 Å². The number of thiazole rings is 1. The molecule has 2 heterocycles. The van der Waals surface area contributed by atoms with Gasteiger partial charge in [-0.05, 0) is 38.2 Å². The summed E-state index contributed by atoms with van der Waals surface area (Å²) in [4.78, 5) is 20.0. The van der Waals surface area contributed by atoms with Crippen molar-refractivity contribution < 1.29 is 13.2 Å². The Labute approximate surface area is 171 Å². The van der Waals surface area contributed by atoms with E-state index in [-0.39, 0.29) is 17.6 Å². The number of amides is 1. The number of likely N-dealkylation sites (tertiary alicyclic amines) is 1. The maximum atomic E-state index is 12.7. The molecule has 0 radical (unpaired) electrons. The highest BCUT2D eigenvalue weighted by molar-refractivity contribution is 7.88. The lowest BCUT2D eigenvalue weighted by Gasteiger charge is -2.33. The number of hydrogen-bond acceptors (Lipinski definition) is 5. The fraction of sp³-hybridized carbons (Fsp3) is 0.500. The van der Waals surface area contributed by atoms with Crippen LogP contribution in [0.2, 0.25) is 0 Å². The number of piperidine rings is 1. The zero-order valence-electron chi connectivity index (χ0n) is 16.3. The molecule has 6 nitrogen and oxygen atoms in total. The zero-order chi connectivity index (χ0) is 20.1. The molecule has 1 amide bonds. The van der Waals surface area contributed by atoms with E-state index in [0.717, 1.165) is 40.5 Å². The van der Waals surface area contributed by atoms with Crippen molar-refractivity contribution >= 4 is 27.3 Å². The predicted octanol–water partition coefficient (Wildman–Crippen LogP) is 2.66. The van der Waals surface area contributed by atoms with Gasteiger partial charge in [0.1, 0.15) is 0 Å². The Hall–Kier alpha value is -1.77. The quantitative estimate of drug-likeness (QED) is 0.745.